The maximum absolute atomic E-state index is 13.6. The fourth-order valence-electron chi connectivity index (χ4n) is 3.99. The van der Waals surface area contributed by atoms with Crippen LogP contribution in [0, 0.1) is 5.82 Å². The maximum atomic E-state index is 13.6. The molecule has 0 aromatic heterocycles. The predicted octanol–water partition coefficient (Wildman–Crippen LogP) is 0.921. The molecule has 3 fully saturated rings. The Hall–Kier alpha value is -2.64. The molecule has 4 rings (SSSR count). The Kier molecular flexibility index (Phi) is 3.82. The summed E-state index contributed by atoms with van der Waals surface area (Å²) in [6, 6.07) is 4.18. The lowest BCUT2D eigenvalue weighted by molar-refractivity contribution is -0.156. The molecule has 0 saturated carbocycles. The molecule has 3 aliphatic heterocycles. The van der Waals surface area contributed by atoms with E-state index in [-0.39, 0.29) is 29.6 Å². The number of halogens is 1. The number of nitrogens with zero attached hydrogens (tertiary/aromatic N) is 2. The van der Waals surface area contributed by atoms with Crippen LogP contribution in [0.4, 0.5) is 14.9 Å². The summed E-state index contributed by atoms with van der Waals surface area (Å²) in [6.07, 6.45) is 1.95. The van der Waals surface area contributed by atoms with E-state index in [1.54, 1.807) is 15.9 Å². The van der Waals surface area contributed by atoms with E-state index in [4.69, 9.17) is 0 Å². The van der Waals surface area contributed by atoms with Crippen LogP contribution in [-0.2, 0) is 9.59 Å². The first-order valence-corrected chi connectivity index (χ1v) is 8.47. The van der Waals surface area contributed by atoms with Gasteiger partial charge in [0, 0.05) is 13.1 Å². The van der Waals surface area contributed by atoms with Gasteiger partial charge in [-0.1, -0.05) is 12.1 Å². The molecule has 4 amide bonds. The fourth-order valence-corrected chi connectivity index (χ4v) is 3.99. The number of benzene rings is 1. The van der Waals surface area contributed by atoms with Gasteiger partial charge in [0.15, 0.2) is 0 Å². The molecule has 3 aliphatic rings. The van der Waals surface area contributed by atoms with Crippen LogP contribution in [0.2, 0.25) is 0 Å². The van der Waals surface area contributed by atoms with Gasteiger partial charge in [-0.25, -0.2) is 9.18 Å². The standard InChI is InChI=1S/C17H19FN4O3/c18-11-4-1-2-5-12(11)20-17(25)19-10-8-14-16(24)21-7-3-6-13(21)15(23)22(14)9-10/h1-2,4-5,10,13-14H,3,6-9H2,(H2,19,20,25)/t10-,13+,14-/m0/s1. The van der Waals surface area contributed by atoms with Gasteiger partial charge in [0.05, 0.1) is 11.7 Å². The fraction of sp³-hybridized carbons (Fsp3) is 0.471. The summed E-state index contributed by atoms with van der Waals surface area (Å²) < 4.78 is 13.6. The highest BCUT2D eigenvalue weighted by atomic mass is 19.1. The van der Waals surface area contributed by atoms with Gasteiger partial charge in [-0.3, -0.25) is 9.59 Å². The Morgan fingerprint density at radius 1 is 1.12 bits per heavy atom. The molecule has 8 heteroatoms. The van der Waals surface area contributed by atoms with E-state index in [0.29, 0.717) is 25.9 Å². The van der Waals surface area contributed by atoms with Crippen LogP contribution < -0.4 is 10.6 Å². The molecular weight excluding hydrogens is 327 g/mol. The number of fused-ring (bicyclic) bond motifs is 2. The number of nitrogens with one attached hydrogen (secondary N) is 2. The first kappa shape index (κ1) is 15.9. The Labute approximate surface area is 144 Å². The van der Waals surface area contributed by atoms with E-state index >= 15 is 0 Å². The zero-order chi connectivity index (χ0) is 17.6. The average molecular weight is 346 g/mol. The minimum atomic E-state index is -0.546. The Morgan fingerprint density at radius 3 is 2.68 bits per heavy atom. The van der Waals surface area contributed by atoms with Crippen LogP contribution in [0.3, 0.4) is 0 Å². The van der Waals surface area contributed by atoms with Crippen molar-refractivity contribution in [1.29, 1.82) is 0 Å². The second kappa shape index (κ2) is 6.02. The lowest BCUT2D eigenvalue weighted by Crippen LogP contribution is -2.60. The SMILES string of the molecule is O=C(Nc1ccccc1F)N[C@H]1C[C@H]2C(=O)N3CCC[C@@H]3C(=O)N2C1. The van der Waals surface area contributed by atoms with E-state index in [1.807, 2.05) is 0 Å². The van der Waals surface area contributed by atoms with Crippen molar-refractivity contribution in [2.45, 2.75) is 37.4 Å². The third-order valence-corrected chi connectivity index (χ3v) is 5.15. The number of carbonyl (C=O) groups excluding carboxylic acids is 3. The summed E-state index contributed by atoms with van der Waals surface area (Å²) in [6.45, 7) is 0.940. The zero-order valence-electron chi connectivity index (χ0n) is 13.6. The quantitative estimate of drug-likeness (QED) is 0.836. The number of para-hydroxylation sites is 1. The number of carbonyl (C=O) groups is 3. The number of rotatable bonds is 2. The van der Waals surface area contributed by atoms with Crippen molar-refractivity contribution in [1.82, 2.24) is 15.1 Å². The van der Waals surface area contributed by atoms with Gasteiger partial charge in [0.1, 0.15) is 17.9 Å². The number of hydrogen-bond donors (Lipinski definition) is 2. The number of piperazine rings is 1. The molecule has 0 bridgehead atoms. The van der Waals surface area contributed by atoms with Gasteiger partial charge in [-0.2, -0.15) is 0 Å². The van der Waals surface area contributed by atoms with Crippen molar-refractivity contribution >= 4 is 23.5 Å². The van der Waals surface area contributed by atoms with Crippen molar-refractivity contribution < 1.29 is 18.8 Å². The van der Waals surface area contributed by atoms with Gasteiger partial charge < -0.3 is 20.4 Å². The van der Waals surface area contributed by atoms with Gasteiger partial charge in [0.2, 0.25) is 11.8 Å². The van der Waals surface area contributed by atoms with E-state index in [1.165, 1.54) is 18.2 Å². The van der Waals surface area contributed by atoms with Crippen LogP contribution in [0.15, 0.2) is 24.3 Å². The summed E-state index contributed by atoms with van der Waals surface area (Å²) in [5.74, 6) is -0.575. The molecule has 0 spiro atoms. The summed E-state index contributed by atoms with van der Waals surface area (Å²) in [5.41, 5.74) is 0.0866. The molecule has 0 unspecified atom stereocenters. The van der Waals surface area contributed by atoms with Crippen LogP contribution in [-0.4, -0.2) is 58.9 Å². The van der Waals surface area contributed by atoms with Gasteiger partial charge >= 0.3 is 6.03 Å². The molecule has 0 radical (unpaired) electrons. The second-order valence-electron chi connectivity index (χ2n) is 6.71. The van der Waals surface area contributed by atoms with Crippen LogP contribution in [0.5, 0.6) is 0 Å². The molecule has 3 saturated heterocycles. The highest BCUT2D eigenvalue weighted by Gasteiger charge is 2.51. The Morgan fingerprint density at radius 2 is 1.88 bits per heavy atom. The largest absolute Gasteiger partial charge is 0.333 e. The molecule has 2 N–H and O–H groups in total. The van der Waals surface area contributed by atoms with Crippen molar-refractivity contribution in [3.05, 3.63) is 30.1 Å². The smallest absolute Gasteiger partial charge is 0.319 e. The molecule has 0 aliphatic carbocycles. The first-order valence-electron chi connectivity index (χ1n) is 8.47. The first-order chi connectivity index (χ1) is 12.0. The number of anilines is 1. The van der Waals surface area contributed by atoms with Gasteiger partial charge in [0.25, 0.3) is 0 Å². The lowest BCUT2D eigenvalue weighted by atomic mass is 10.1. The van der Waals surface area contributed by atoms with E-state index in [2.05, 4.69) is 10.6 Å². The minimum Gasteiger partial charge on any atom is -0.333 e. The highest BCUT2D eigenvalue weighted by molar-refractivity contribution is 5.98. The topological polar surface area (TPSA) is 81.8 Å². The molecule has 1 aromatic rings. The Balaban J connectivity index is 1.41. The number of hydrogen-bond acceptors (Lipinski definition) is 3. The summed E-state index contributed by atoms with van der Waals surface area (Å²) in [7, 11) is 0. The lowest BCUT2D eigenvalue weighted by Gasteiger charge is -2.38. The van der Waals surface area contributed by atoms with Crippen molar-refractivity contribution in [2.75, 3.05) is 18.4 Å². The van der Waals surface area contributed by atoms with Crippen molar-refractivity contribution in [2.24, 2.45) is 0 Å². The normalized spacial score (nSPS) is 28.0. The maximum Gasteiger partial charge on any atom is 0.319 e. The molecule has 7 nitrogen and oxygen atoms in total. The molecule has 3 heterocycles. The van der Waals surface area contributed by atoms with E-state index in [0.717, 1.165) is 6.42 Å². The predicted molar refractivity (Wildman–Crippen MR) is 87.2 cm³/mol. The molecule has 132 valence electrons. The van der Waals surface area contributed by atoms with E-state index in [9.17, 15) is 18.8 Å². The molecule has 3 atom stereocenters. The van der Waals surface area contributed by atoms with Crippen LogP contribution in [0.1, 0.15) is 19.3 Å². The third-order valence-electron chi connectivity index (χ3n) is 5.15. The minimum absolute atomic E-state index is 0.0269. The monoisotopic (exact) mass is 346 g/mol. The Bertz CT molecular complexity index is 710. The van der Waals surface area contributed by atoms with Gasteiger partial charge in [-0.15, -0.1) is 0 Å². The average Bonchev–Trinajstić information content (AvgIpc) is 3.22. The van der Waals surface area contributed by atoms with E-state index < -0.39 is 17.9 Å². The molecule has 25 heavy (non-hydrogen) atoms. The highest BCUT2D eigenvalue weighted by Crippen LogP contribution is 2.32. The van der Waals surface area contributed by atoms with Crippen LogP contribution >= 0.6 is 0 Å². The third kappa shape index (κ3) is 2.71. The van der Waals surface area contributed by atoms with Crippen LogP contribution in [0.25, 0.3) is 0 Å². The number of urea groups is 1. The van der Waals surface area contributed by atoms with Crippen molar-refractivity contribution in [3.63, 3.8) is 0 Å². The molecule has 1 aromatic carbocycles. The summed E-state index contributed by atoms with van der Waals surface area (Å²) in [5, 5.41) is 5.19. The summed E-state index contributed by atoms with van der Waals surface area (Å²) in [4.78, 5) is 40.5. The summed E-state index contributed by atoms with van der Waals surface area (Å²) >= 11 is 0. The second-order valence-corrected chi connectivity index (χ2v) is 6.71. The zero-order valence-corrected chi connectivity index (χ0v) is 13.6. The number of amides is 4. The van der Waals surface area contributed by atoms with Gasteiger partial charge in [-0.05, 0) is 31.4 Å². The molecular formula is C17H19FN4O3. The van der Waals surface area contributed by atoms with Crippen molar-refractivity contribution in [3.8, 4) is 0 Å².